The molecule has 0 unspecified atom stereocenters. The first kappa shape index (κ1) is 28.9. The topological polar surface area (TPSA) is 167 Å². The molecule has 40 heavy (non-hydrogen) atoms. The number of oxazole rings is 1. The van der Waals surface area contributed by atoms with Gasteiger partial charge in [0, 0.05) is 24.9 Å². The number of nitrogens with one attached hydrogen (secondary N) is 3. The number of amides is 4. The van der Waals surface area contributed by atoms with Gasteiger partial charge in [-0.1, -0.05) is 44.2 Å². The molecular weight excluding hydrogens is 536 g/mol. The molecule has 0 saturated heterocycles. The van der Waals surface area contributed by atoms with Crippen molar-refractivity contribution in [3.8, 4) is 0 Å². The smallest absolute Gasteiger partial charge is 0.273 e. The third-order valence-electron chi connectivity index (χ3n) is 6.32. The molecule has 212 valence electrons. The monoisotopic (exact) mass is 568 g/mol. The van der Waals surface area contributed by atoms with Crippen LogP contribution in [-0.4, -0.2) is 69.3 Å². The predicted molar refractivity (Wildman–Crippen MR) is 145 cm³/mol. The fraction of sp³-hybridized carbons (Fsp3) is 0.407. The van der Waals surface area contributed by atoms with Crippen LogP contribution in [0.3, 0.4) is 0 Å². The first-order valence-electron chi connectivity index (χ1n) is 12.9. The Labute approximate surface area is 235 Å². The van der Waals surface area contributed by atoms with Crippen LogP contribution in [-0.2, 0) is 16.0 Å². The standard InChI is InChI=1S/C27H32N6O6S/c1-15(2)22-26-31-20(14-40-26)24(37)29-18(11-17-7-5-4-6-8-17)25-30-19(13-39-25)23(36)28-9-10-33(12-21(35)32-22)27(38)16(3)34/h4-8,13-16,18,22,34H,9-12H2,1-3H3,(H,28,36)(H,29,37)(H,32,35)/t16-,18+,22+/m1/s1. The normalized spacial score (nSPS) is 19.7. The van der Waals surface area contributed by atoms with Crippen LogP contribution in [0.2, 0.25) is 0 Å². The van der Waals surface area contributed by atoms with E-state index in [4.69, 9.17) is 4.42 Å². The Morgan fingerprint density at radius 1 is 1.10 bits per heavy atom. The third kappa shape index (κ3) is 7.10. The van der Waals surface area contributed by atoms with Crippen molar-refractivity contribution in [1.82, 2.24) is 30.8 Å². The Morgan fingerprint density at radius 2 is 1.85 bits per heavy atom. The van der Waals surface area contributed by atoms with Gasteiger partial charge in [-0.25, -0.2) is 9.97 Å². The molecule has 3 heterocycles. The Hall–Kier alpha value is -4.10. The number of nitrogens with zero attached hydrogens (tertiary/aromatic N) is 3. The fourth-order valence-electron chi connectivity index (χ4n) is 4.20. The fourth-order valence-corrected chi connectivity index (χ4v) is 5.22. The van der Waals surface area contributed by atoms with E-state index in [-0.39, 0.29) is 42.8 Å². The van der Waals surface area contributed by atoms with Crippen molar-refractivity contribution >= 4 is 35.0 Å². The number of aromatic nitrogens is 2. The summed E-state index contributed by atoms with van der Waals surface area (Å²) in [6, 6.07) is 8.25. The predicted octanol–water partition coefficient (Wildman–Crippen LogP) is 1.61. The summed E-state index contributed by atoms with van der Waals surface area (Å²) in [6.45, 7) is 4.77. The van der Waals surface area contributed by atoms with Crippen molar-refractivity contribution in [1.29, 1.82) is 0 Å². The lowest BCUT2D eigenvalue weighted by Gasteiger charge is -2.26. The van der Waals surface area contributed by atoms with E-state index >= 15 is 0 Å². The van der Waals surface area contributed by atoms with E-state index < -0.39 is 41.8 Å². The van der Waals surface area contributed by atoms with E-state index in [0.29, 0.717) is 11.4 Å². The summed E-state index contributed by atoms with van der Waals surface area (Å²) >= 11 is 1.24. The first-order chi connectivity index (χ1) is 19.1. The Morgan fingerprint density at radius 3 is 2.55 bits per heavy atom. The molecule has 0 fully saturated rings. The molecule has 1 aromatic carbocycles. The largest absolute Gasteiger partial charge is 0.446 e. The van der Waals surface area contributed by atoms with E-state index in [1.807, 2.05) is 44.2 Å². The zero-order valence-electron chi connectivity index (χ0n) is 22.4. The van der Waals surface area contributed by atoms with Gasteiger partial charge in [0.2, 0.25) is 11.8 Å². The molecule has 0 radical (unpaired) electrons. The van der Waals surface area contributed by atoms with Gasteiger partial charge in [0.25, 0.3) is 17.7 Å². The summed E-state index contributed by atoms with van der Waals surface area (Å²) in [5.74, 6) is -2.06. The molecular formula is C27H32N6O6S. The molecule has 1 aliphatic rings. The highest BCUT2D eigenvalue weighted by molar-refractivity contribution is 7.09. The Balaban J connectivity index is 1.68. The Kier molecular flexibility index (Phi) is 9.27. The highest BCUT2D eigenvalue weighted by Gasteiger charge is 2.28. The molecule has 3 atom stereocenters. The number of benzene rings is 1. The number of hydrogen-bond acceptors (Lipinski definition) is 9. The molecule has 3 aromatic rings. The Bertz CT molecular complexity index is 1350. The quantitative estimate of drug-likeness (QED) is 0.368. The van der Waals surface area contributed by atoms with Crippen molar-refractivity contribution in [2.75, 3.05) is 19.6 Å². The van der Waals surface area contributed by atoms with Crippen LogP contribution < -0.4 is 16.0 Å². The van der Waals surface area contributed by atoms with E-state index in [2.05, 4.69) is 25.9 Å². The van der Waals surface area contributed by atoms with Crippen LogP contribution >= 0.6 is 11.3 Å². The summed E-state index contributed by atoms with van der Waals surface area (Å²) in [5.41, 5.74) is 1.07. The number of carbonyl (C=O) groups is 4. The molecule has 4 amide bonds. The van der Waals surface area contributed by atoms with E-state index in [9.17, 15) is 24.3 Å². The zero-order chi connectivity index (χ0) is 28.8. The highest BCUT2D eigenvalue weighted by atomic mass is 32.1. The van der Waals surface area contributed by atoms with E-state index in [1.54, 1.807) is 5.38 Å². The van der Waals surface area contributed by atoms with E-state index in [0.717, 1.165) is 5.56 Å². The first-order valence-corrected chi connectivity index (χ1v) is 13.8. The number of fused-ring (bicyclic) bond motifs is 4. The average Bonchev–Trinajstić information content (AvgIpc) is 3.61. The summed E-state index contributed by atoms with van der Waals surface area (Å²) in [4.78, 5) is 61.6. The molecule has 0 aliphatic carbocycles. The number of hydrogen-bond donors (Lipinski definition) is 4. The SMILES string of the molecule is CC(C)[C@@H]1NC(=O)CN(C(=O)[C@@H](C)O)CCNC(=O)c2coc(n2)[C@H](Cc2ccccc2)NC(=O)c2csc1n2. The number of carbonyl (C=O) groups excluding carboxylic acids is 4. The maximum Gasteiger partial charge on any atom is 0.273 e. The van der Waals surface area contributed by atoms with Gasteiger partial charge in [0.05, 0.1) is 12.6 Å². The minimum atomic E-state index is -1.33. The molecule has 4 rings (SSSR count). The summed E-state index contributed by atoms with van der Waals surface area (Å²) in [5, 5.41) is 20.5. The third-order valence-corrected chi connectivity index (χ3v) is 7.24. The van der Waals surface area contributed by atoms with Crippen LogP contribution in [0, 0.1) is 5.92 Å². The van der Waals surface area contributed by atoms with Crippen molar-refractivity contribution in [3.05, 3.63) is 69.8 Å². The van der Waals surface area contributed by atoms with Gasteiger partial charge in [-0.15, -0.1) is 11.3 Å². The second kappa shape index (κ2) is 12.8. The van der Waals surface area contributed by atoms with E-state index in [1.165, 1.54) is 29.4 Å². The zero-order valence-corrected chi connectivity index (χ0v) is 23.2. The van der Waals surface area contributed by atoms with Crippen LogP contribution in [0.5, 0.6) is 0 Å². The second-order valence-corrected chi connectivity index (χ2v) is 10.7. The molecule has 12 nitrogen and oxygen atoms in total. The minimum Gasteiger partial charge on any atom is -0.446 e. The number of thiazole rings is 1. The molecule has 13 heteroatoms. The molecule has 4 bridgehead atoms. The van der Waals surface area contributed by atoms with Crippen LogP contribution in [0.4, 0.5) is 0 Å². The molecule has 0 saturated carbocycles. The molecule has 0 spiro atoms. The highest BCUT2D eigenvalue weighted by Crippen LogP contribution is 2.26. The van der Waals surface area contributed by atoms with Crippen molar-refractivity contribution < 1.29 is 28.7 Å². The molecule has 1 aliphatic heterocycles. The summed E-state index contributed by atoms with van der Waals surface area (Å²) < 4.78 is 5.62. The molecule has 2 aromatic heterocycles. The van der Waals surface area contributed by atoms with Crippen molar-refractivity contribution in [2.24, 2.45) is 5.92 Å². The minimum absolute atomic E-state index is 0.000393. The molecule has 4 N–H and O–H groups in total. The summed E-state index contributed by atoms with van der Waals surface area (Å²) in [6.07, 6.45) is 0.220. The number of rotatable bonds is 4. The van der Waals surface area contributed by atoms with Crippen molar-refractivity contribution in [3.63, 3.8) is 0 Å². The lowest BCUT2D eigenvalue weighted by atomic mass is 10.0. The van der Waals surface area contributed by atoms with Gasteiger partial charge in [0.1, 0.15) is 29.1 Å². The van der Waals surface area contributed by atoms with Gasteiger partial charge in [-0.3, -0.25) is 19.2 Å². The van der Waals surface area contributed by atoms with Gasteiger partial charge < -0.3 is 30.4 Å². The van der Waals surface area contributed by atoms with Crippen molar-refractivity contribution in [2.45, 2.75) is 45.4 Å². The number of aliphatic hydroxyl groups excluding tert-OH is 1. The van der Waals surface area contributed by atoms with Crippen LogP contribution in [0.1, 0.15) is 70.3 Å². The lowest BCUT2D eigenvalue weighted by Crippen LogP contribution is -2.48. The van der Waals surface area contributed by atoms with Gasteiger partial charge in [0.15, 0.2) is 5.69 Å². The van der Waals surface area contributed by atoms with Crippen LogP contribution in [0.25, 0.3) is 0 Å². The van der Waals surface area contributed by atoms with Crippen LogP contribution in [0.15, 0.2) is 46.4 Å². The van der Waals surface area contributed by atoms with Gasteiger partial charge >= 0.3 is 0 Å². The second-order valence-electron chi connectivity index (χ2n) is 9.84. The van der Waals surface area contributed by atoms with Gasteiger partial charge in [-0.05, 0) is 18.4 Å². The summed E-state index contributed by atoms with van der Waals surface area (Å²) in [7, 11) is 0. The van der Waals surface area contributed by atoms with Gasteiger partial charge in [-0.2, -0.15) is 0 Å². The maximum absolute atomic E-state index is 13.3. The maximum atomic E-state index is 13.3. The lowest BCUT2D eigenvalue weighted by molar-refractivity contribution is -0.142. The average molecular weight is 569 g/mol. The number of aliphatic hydroxyl groups is 1.